The maximum absolute atomic E-state index is 5.87. The zero-order chi connectivity index (χ0) is 14.2. The highest BCUT2D eigenvalue weighted by atomic mass is 32.2. The lowest BCUT2D eigenvalue weighted by Gasteiger charge is -2.23. The van der Waals surface area contributed by atoms with Crippen LogP contribution in [0.15, 0.2) is 47.4 Å². The van der Waals surface area contributed by atoms with Crippen molar-refractivity contribution in [3.8, 4) is 5.75 Å². The summed E-state index contributed by atoms with van der Waals surface area (Å²) in [4.78, 5) is 1.38. The lowest BCUT2D eigenvalue weighted by molar-refractivity contribution is 0.356. The van der Waals surface area contributed by atoms with E-state index in [1.54, 1.807) is 0 Å². The molecule has 0 aromatic heterocycles. The number of rotatable bonds is 3. The van der Waals surface area contributed by atoms with Crippen molar-refractivity contribution in [2.75, 3.05) is 6.61 Å². The standard InChI is InChI=1S/C17H18N2OS/c18-19-17(13-5-6-14-11(9-13)7-8-20-14)16-10-12-3-1-2-4-15(12)21-16/h1-6,9,16-17,19H,7-8,10,18H2. The molecule has 0 amide bonds. The maximum Gasteiger partial charge on any atom is 0.122 e. The Balaban J connectivity index is 1.61. The number of ether oxygens (including phenoxy) is 1. The van der Waals surface area contributed by atoms with Gasteiger partial charge >= 0.3 is 0 Å². The van der Waals surface area contributed by atoms with Gasteiger partial charge in [0.05, 0.1) is 12.6 Å². The number of nitrogens with two attached hydrogens (primary N) is 1. The predicted octanol–water partition coefficient (Wildman–Crippen LogP) is 2.84. The molecule has 0 fully saturated rings. The second-order valence-electron chi connectivity index (χ2n) is 5.58. The highest BCUT2D eigenvalue weighted by molar-refractivity contribution is 8.00. The van der Waals surface area contributed by atoms with Gasteiger partial charge in [0.25, 0.3) is 0 Å². The van der Waals surface area contributed by atoms with Gasteiger partial charge in [-0.2, -0.15) is 0 Å². The Morgan fingerprint density at radius 3 is 2.95 bits per heavy atom. The molecule has 2 aliphatic rings. The van der Waals surface area contributed by atoms with Crippen LogP contribution in [0.4, 0.5) is 0 Å². The third-order valence-corrected chi connectivity index (χ3v) is 5.69. The number of thioether (sulfide) groups is 1. The van der Waals surface area contributed by atoms with E-state index in [1.807, 2.05) is 11.8 Å². The lowest BCUT2D eigenvalue weighted by Crippen LogP contribution is -2.35. The first-order valence-corrected chi connectivity index (χ1v) is 8.19. The fraction of sp³-hybridized carbons (Fsp3) is 0.294. The number of nitrogens with one attached hydrogen (secondary N) is 1. The summed E-state index contributed by atoms with van der Waals surface area (Å²) < 4.78 is 5.59. The summed E-state index contributed by atoms with van der Waals surface area (Å²) in [5.74, 6) is 6.90. The molecule has 0 bridgehead atoms. The summed E-state index contributed by atoms with van der Waals surface area (Å²) >= 11 is 1.92. The molecule has 2 unspecified atom stereocenters. The Kier molecular flexibility index (Phi) is 3.37. The van der Waals surface area contributed by atoms with Crippen LogP contribution >= 0.6 is 11.8 Å². The van der Waals surface area contributed by atoms with E-state index in [0.29, 0.717) is 5.25 Å². The molecule has 0 saturated heterocycles. The minimum atomic E-state index is 0.160. The second-order valence-corrected chi connectivity index (χ2v) is 6.86. The molecule has 4 heteroatoms. The van der Waals surface area contributed by atoms with Gasteiger partial charge in [0.2, 0.25) is 0 Å². The predicted molar refractivity (Wildman–Crippen MR) is 85.5 cm³/mol. The molecule has 4 rings (SSSR count). The van der Waals surface area contributed by atoms with E-state index in [4.69, 9.17) is 10.6 Å². The molecule has 2 aromatic carbocycles. The van der Waals surface area contributed by atoms with Crippen molar-refractivity contribution < 1.29 is 4.74 Å². The van der Waals surface area contributed by atoms with E-state index >= 15 is 0 Å². The van der Waals surface area contributed by atoms with Crippen molar-refractivity contribution in [3.05, 3.63) is 59.2 Å². The first-order chi connectivity index (χ1) is 10.3. The first kappa shape index (κ1) is 13.2. The van der Waals surface area contributed by atoms with Gasteiger partial charge in [-0.25, -0.2) is 0 Å². The molecule has 0 saturated carbocycles. The highest BCUT2D eigenvalue weighted by Crippen LogP contribution is 2.43. The van der Waals surface area contributed by atoms with Gasteiger partial charge in [-0.1, -0.05) is 30.3 Å². The number of fused-ring (bicyclic) bond motifs is 2. The van der Waals surface area contributed by atoms with E-state index in [1.165, 1.54) is 21.6 Å². The van der Waals surface area contributed by atoms with Gasteiger partial charge in [0.15, 0.2) is 0 Å². The summed E-state index contributed by atoms with van der Waals surface area (Å²) in [7, 11) is 0. The highest BCUT2D eigenvalue weighted by Gasteiger charge is 2.30. The zero-order valence-electron chi connectivity index (χ0n) is 11.7. The monoisotopic (exact) mass is 298 g/mol. The summed E-state index contributed by atoms with van der Waals surface area (Å²) in [5.41, 5.74) is 7.01. The molecule has 2 atom stereocenters. The second kappa shape index (κ2) is 5.37. The van der Waals surface area contributed by atoms with Crippen LogP contribution in [0, 0.1) is 0 Å². The van der Waals surface area contributed by atoms with Crippen molar-refractivity contribution in [3.63, 3.8) is 0 Å². The van der Waals surface area contributed by atoms with Crippen molar-refractivity contribution in [1.29, 1.82) is 0 Å². The third-order valence-electron chi connectivity index (χ3n) is 4.30. The van der Waals surface area contributed by atoms with Crippen LogP contribution in [0.3, 0.4) is 0 Å². The smallest absolute Gasteiger partial charge is 0.122 e. The van der Waals surface area contributed by atoms with Crippen LogP contribution in [-0.2, 0) is 12.8 Å². The molecular weight excluding hydrogens is 280 g/mol. The number of hydrogen-bond donors (Lipinski definition) is 2. The van der Waals surface area contributed by atoms with E-state index in [-0.39, 0.29) is 6.04 Å². The van der Waals surface area contributed by atoms with Gasteiger partial charge in [-0.15, -0.1) is 11.8 Å². The molecule has 2 heterocycles. The molecule has 3 N–H and O–H groups in total. The molecule has 3 nitrogen and oxygen atoms in total. The SMILES string of the molecule is NNC(c1ccc2c(c1)CCO2)C1Cc2ccccc2S1. The molecular formula is C17H18N2OS. The maximum atomic E-state index is 5.87. The van der Waals surface area contributed by atoms with Gasteiger partial charge in [0.1, 0.15) is 5.75 Å². The summed E-state index contributed by atoms with van der Waals surface area (Å²) in [6, 6.07) is 15.2. The number of hydrazine groups is 1. The quantitative estimate of drug-likeness (QED) is 0.676. The normalized spacial score (nSPS) is 20.7. The molecule has 2 aromatic rings. The molecule has 108 valence electrons. The van der Waals surface area contributed by atoms with E-state index < -0.39 is 0 Å². The molecule has 0 radical (unpaired) electrons. The first-order valence-electron chi connectivity index (χ1n) is 7.31. The fourth-order valence-corrected chi connectivity index (χ4v) is 4.63. The van der Waals surface area contributed by atoms with Crippen LogP contribution in [0.2, 0.25) is 0 Å². The van der Waals surface area contributed by atoms with Gasteiger partial charge < -0.3 is 4.74 Å². The van der Waals surface area contributed by atoms with Crippen molar-refractivity contribution in [2.45, 2.75) is 29.0 Å². The number of hydrogen-bond acceptors (Lipinski definition) is 4. The summed E-state index contributed by atoms with van der Waals surface area (Å²) in [6.45, 7) is 0.795. The minimum absolute atomic E-state index is 0.160. The molecule has 0 spiro atoms. The zero-order valence-corrected chi connectivity index (χ0v) is 12.5. The van der Waals surface area contributed by atoms with E-state index in [2.05, 4.69) is 47.9 Å². The molecule has 2 aliphatic heterocycles. The Hall–Kier alpha value is -1.49. The van der Waals surface area contributed by atoms with Crippen LogP contribution in [0.1, 0.15) is 22.7 Å². The van der Waals surface area contributed by atoms with E-state index in [0.717, 1.165) is 25.2 Å². The Bertz CT molecular complexity index is 649. The summed E-state index contributed by atoms with van der Waals surface area (Å²) in [5, 5.41) is 0.438. The Morgan fingerprint density at radius 1 is 1.19 bits per heavy atom. The fourth-order valence-electron chi connectivity index (χ4n) is 3.21. The van der Waals surface area contributed by atoms with Gasteiger partial charge in [-0.05, 0) is 35.2 Å². The van der Waals surface area contributed by atoms with E-state index in [9.17, 15) is 0 Å². The van der Waals surface area contributed by atoms with Gasteiger partial charge in [0, 0.05) is 16.6 Å². The topological polar surface area (TPSA) is 47.3 Å². The van der Waals surface area contributed by atoms with Crippen LogP contribution in [-0.4, -0.2) is 11.9 Å². The van der Waals surface area contributed by atoms with Gasteiger partial charge in [-0.3, -0.25) is 11.3 Å². The van der Waals surface area contributed by atoms with Crippen LogP contribution in [0.5, 0.6) is 5.75 Å². The van der Waals surface area contributed by atoms with Crippen molar-refractivity contribution in [2.24, 2.45) is 5.84 Å². The van der Waals surface area contributed by atoms with Crippen molar-refractivity contribution in [1.82, 2.24) is 5.43 Å². The molecule has 0 aliphatic carbocycles. The lowest BCUT2D eigenvalue weighted by atomic mass is 9.97. The largest absolute Gasteiger partial charge is 0.493 e. The Morgan fingerprint density at radius 2 is 2.10 bits per heavy atom. The van der Waals surface area contributed by atoms with Crippen LogP contribution in [0.25, 0.3) is 0 Å². The average molecular weight is 298 g/mol. The number of benzene rings is 2. The Labute approximate surface area is 128 Å². The minimum Gasteiger partial charge on any atom is -0.493 e. The van der Waals surface area contributed by atoms with Crippen molar-refractivity contribution >= 4 is 11.8 Å². The summed E-state index contributed by atoms with van der Waals surface area (Å²) in [6.07, 6.45) is 2.06. The average Bonchev–Trinajstić information content (AvgIpc) is 3.13. The van der Waals surface area contributed by atoms with Crippen LogP contribution < -0.4 is 16.0 Å². The molecule has 21 heavy (non-hydrogen) atoms. The third kappa shape index (κ3) is 2.33.